The third-order valence-corrected chi connectivity index (χ3v) is 3.10. The minimum absolute atomic E-state index is 0.0912. The SMILES string of the molecule is CC(C)(C)OC(=O)n1cc(CCl)c2ccc([N+](=O)[O-])cc21. The number of halogens is 1. The molecule has 0 aliphatic carbocycles. The molecule has 0 amide bonds. The largest absolute Gasteiger partial charge is 0.443 e. The Morgan fingerprint density at radius 2 is 2.10 bits per heavy atom. The van der Waals surface area contributed by atoms with Gasteiger partial charge < -0.3 is 4.74 Å². The predicted octanol–water partition coefficient (Wildman–Crippen LogP) is 4.07. The Labute approximate surface area is 126 Å². The molecule has 0 saturated carbocycles. The Morgan fingerprint density at radius 3 is 2.62 bits per heavy atom. The fraction of sp³-hybridized carbons (Fsp3) is 0.357. The maximum Gasteiger partial charge on any atom is 0.419 e. The fourth-order valence-corrected chi connectivity index (χ4v) is 2.18. The molecule has 2 rings (SSSR count). The zero-order valence-corrected chi connectivity index (χ0v) is 12.7. The monoisotopic (exact) mass is 310 g/mol. The van der Waals surface area contributed by atoms with E-state index in [9.17, 15) is 14.9 Å². The van der Waals surface area contributed by atoms with Gasteiger partial charge in [-0.3, -0.25) is 14.7 Å². The Kier molecular flexibility index (Phi) is 3.91. The number of nitro benzene ring substituents is 1. The average molecular weight is 311 g/mol. The molecule has 21 heavy (non-hydrogen) atoms. The summed E-state index contributed by atoms with van der Waals surface area (Å²) in [4.78, 5) is 22.6. The van der Waals surface area contributed by atoms with Crippen LogP contribution < -0.4 is 0 Å². The number of nitrogens with zero attached hydrogens (tertiary/aromatic N) is 2. The van der Waals surface area contributed by atoms with Crippen molar-refractivity contribution in [1.82, 2.24) is 4.57 Å². The minimum atomic E-state index is -0.657. The van der Waals surface area contributed by atoms with E-state index in [1.165, 1.54) is 16.7 Å². The molecule has 0 saturated heterocycles. The van der Waals surface area contributed by atoms with E-state index in [-0.39, 0.29) is 11.6 Å². The number of hydrogen-bond acceptors (Lipinski definition) is 4. The molecule has 1 aromatic heterocycles. The van der Waals surface area contributed by atoms with Gasteiger partial charge in [-0.15, -0.1) is 11.6 Å². The number of carbonyl (C=O) groups is 1. The van der Waals surface area contributed by atoms with E-state index in [0.29, 0.717) is 16.5 Å². The van der Waals surface area contributed by atoms with Crippen LogP contribution in [0, 0.1) is 10.1 Å². The number of rotatable bonds is 2. The standard InChI is InChI=1S/C14H15ClN2O4/c1-14(2,3)21-13(18)16-8-9(7-15)11-5-4-10(17(19)20)6-12(11)16/h4-6,8H,7H2,1-3H3. The molecule has 0 atom stereocenters. The number of hydrogen-bond donors (Lipinski definition) is 0. The van der Waals surface area contributed by atoms with Gasteiger partial charge in [-0.1, -0.05) is 0 Å². The van der Waals surface area contributed by atoms with Gasteiger partial charge in [0.2, 0.25) is 0 Å². The zero-order valence-electron chi connectivity index (χ0n) is 11.9. The highest BCUT2D eigenvalue weighted by molar-refractivity contribution is 6.18. The van der Waals surface area contributed by atoms with Crippen molar-refractivity contribution in [3.8, 4) is 0 Å². The molecule has 1 aromatic carbocycles. The van der Waals surface area contributed by atoms with Gasteiger partial charge in [-0.2, -0.15) is 0 Å². The zero-order chi connectivity index (χ0) is 15.8. The van der Waals surface area contributed by atoms with Crippen LogP contribution in [0.1, 0.15) is 26.3 Å². The summed E-state index contributed by atoms with van der Waals surface area (Å²) in [5, 5.41) is 11.6. The molecule has 0 radical (unpaired) electrons. The first-order chi connectivity index (χ1) is 9.73. The molecular formula is C14H15ClN2O4. The van der Waals surface area contributed by atoms with Gasteiger partial charge in [-0.05, 0) is 32.4 Å². The fourth-order valence-electron chi connectivity index (χ4n) is 1.97. The molecular weight excluding hydrogens is 296 g/mol. The summed E-state index contributed by atoms with van der Waals surface area (Å²) in [5.41, 5.74) is 0.378. The molecule has 0 fully saturated rings. The number of carbonyl (C=O) groups excluding carboxylic acids is 1. The van der Waals surface area contributed by atoms with Crippen LogP contribution in [0.4, 0.5) is 10.5 Å². The summed E-state index contributed by atoms with van der Waals surface area (Å²) in [6, 6.07) is 4.32. The number of non-ortho nitro benzene ring substituents is 1. The van der Waals surface area contributed by atoms with E-state index in [2.05, 4.69) is 0 Å². The summed E-state index contributed by atoms with van der Waals surface area (Å²) in [6.07, 6.45) is 0.958. The highest BCUT2D eigenvalue weighted by Gasteiger charge is 2.21. The third kappa shape index (κ3) is 3.16. The summed E-state index contributed by atoms with van der Waals surface area (Å²) in [5.74, 6) is 0.199. The number of nitro groups is 1. The Balaban J connectivity index is 2.59. The van der Waals surface area contributed by atoms with Gasteiger partial charge in [-0.25, -0.2) is 4.79 Å². The van der Waals surface area contributed by atoms with E-state index in [1.807, 2.05) is 0 Å². The summed E-state index contributed by atoms with van der Waals surface area (Å²) in [6.45, 7) is 5.25. The highest BCUT2D eigenvalue weighted by Crippen LogP contribution is 2.27. The van der Waals surface area contributed by atoms with Crippen LogP contribution in [0.25, 0.3) is 10.9 Å². The van der Waals surface area contributed by atoms with Crippen molar-refractivity contribution in [3.05, 3.63) is 40.1 Å². The summed E-state index contributed by atoms with van der Waals surface area (Å²) >= 11 is 5.86. The van der Waals surface area contributed by atoms with Crippen LogP contribution in [-0.2, 0) is 10.6 Å². The van der Waals surface area contributed by atoms with Gasteiger partial charge in [0.25, 0.3) is 5.69 Å². The van der Waals surface area contributed by atoms with Crippen LogP contribution in [0.5, 0.6) is 0 Å². The van der Waals surface area contributed by atoms with Crippen LogP contribution in [0.15, 0.2) is 24.4 Å². The Morgan fingerprint density at radius 1 is 1.43 bits per heavy atom. The van der Waals surface area contributed by atoms with E-state index >= 15 is 0 Å². The number of aromatic nitrogens is 1. The van der Waals surface area contributed by atoms with Gasteiger partial charge in [0, 0.05) is 29.6 Å². The molecule has 0 spiro atoms. The normalized spacial score (nSPS) is 11.6. The molecule has 0 bridgehead atoms. The number of ether oxygens (including phenoxy) is 1. The minimum Gasteiger partial charge on any atom is -0.443 e. The number of alkyl halides is 1. The highest BCUT2D eigenvalue weighted by atomic mass is 35.5. The van der Waals surface area contributed by atoms with Crippen molar-refractivity contribution in [2.45, 2.75) is 32.3 Å². The van der Waals surface area contributed by atoms with Crippen molar-refractivity contribution >= 4 is 34.3 Å². The Hall–Kier alpha value is -2.08. The van der Waals surface area contributed by atoms with Gasteiger partial charge in [0.1, 0.15) is 5.60 Å². The van der Waals surface area contributed by atoms with E-state index in [1.54, 1.807) is 33.0 Å². The molecule has 7 heteroatoms. The molecule has 0 N–H and O–H groups in total. The lowest BCUT2D eigenvalue weighted by Crippen LogP contribution is -2.26. The first-order valence-electron chi connectivity index (χ1n) is 6.30. The van der Waals surface area contributed by atoms with Crippen molar-refractivity contribution in [3.63, 3.8) is 0 Å². The molecule has 1 heterocycles. The maximum absolute atomic E-state index is 12.2. The first kappa shape index (κ1) is 15.3. The molecule has 6 nitrogen and oxygen atoms in total. The second-order valence-electron chi connectivity index (χ2n) is 5.60. The molecule has 112 valence electrons. The van der Waals surface area contributed by atoms with E-state index < -0.39 is 16.6 Å². The van der Waals surface area contributed by atoms with Gasteiger partial charge in [0.15, 0.2) is 0 Å². The van der Waals surface area contributed by atoms with Crippen LogP contribution in [0.2, 0.25) is 0 Å². The Bertz CT molecular complexity index is 716. The van der Waals surface area contributed by atoms with Crippen LogP contribution >= 0.6 is 11.6 Å². The topological polar surface area (TPSA) is 74.4 Å². The molecule has 2 aromatic rings. The van der Waals surface area contributed by atoms with Crippen LogP contribution in [-0.4, -0.2) is 21.2 Å². The maximum atomic E-state index is 12.2. The first-order valence-corrected chi connectivity index (χ1v) is 6.84. The van der Waals surface area contributed by atoms with Crippen molar-refractivity contribution in [1.29, 1.82) is 0 Å². The van der Waals surface area contributed by atoms with Crippen molar-refractivity contribution < 1.29 is 14.5 Å². The van der Waals surface area contributed by atoms with Crippen molar-refractivity contribution in [2.75, 3.05) is 0 Å². The van der Waals surface area contributed by atoms with Crippen LogP contribution in [0.3, 0.4) is 0 Å². The predicted molar refractivity (Wildman–Crippen MR) is 79.8 cm³/mol. The molecule has 0 unspecified atom stereocenters. The second kappa shape index (κ2) is 5.37. The number of benzene rings is 1. The smallest absolute Gasteiger partial charge is 0.419 e. The lowest BCUT2D eigenvalue weighted by Gasteiger charge is -2.19. The van der Waals surface area contributed by atoms with Gasteiger partial charge in [0.05, 0.1) is 10.4 Å². The van der Waals surface area contributed by atoms with Gasteiger partial charge >= 0.3 is 6.09 Å². The lowest BCUT2D eigenvalue weighted by molar-refractivity contribution is -0.384. The second-order valence-corrected chi connectivity index (χ2v) is 5.86. The molecule has 0 aliphatic heterocycles. The van der Waals surface area contributed by atoms with E-state index in [0.717, 1.165) is 0 Å². The summed E-state index contributed by atoms with van der Waals surface area (Å²) < 4.78 is 6.56. The third-order valence-electron chi connectivity index (χ3n) is 2.82. The molecule has 0 aliphatic rings. The number of fused-ring (bicyclic) bond motifs is 1. The average Bonchev–Trinajstić information content (AvgIpc) is 2.74. The summed E-state index contributed by atoms with van der Waals surface area (Å²) in [7, 11) is 0. The lowest BCUT2D eigenvalue weighted by atomic mass is 10.2. The van der Waals surface area contributed by atoms with E-state index in [4.69, 9.17) is 16.3 Å². The van der Waals surface area contributed by atoms with Crippen molar-refractivity contribution in [2.24, 2.45) is 0 Å². The quantitative estimate of drug-likeness (QED) is 0.476.